The minimum absolute atomic E-state index is 0.634. The molecular formula is C16H16BrClN2. The Morgan fingerprint density at radius 3 is 2.70 bits per heavy atom. The van der Waals surface area contributed by atoms with E-state index in [0.29, 0.717) is 5.15 Å². The Bertz CT molecular complexity index is 655. The van der Waals surface area contributed by atoms with E-state index in [9.17, 15) is 0 Å². The second-order valence-corrected chi connectivity index (χ2v) is 6.56. The summed E-state index contributed by atoms with van der Waals surface area (Å²) in [5.74, 6) is 0.751. The summed E-state index contributed by atoms with van der Waals surface area (Å²) in [6, 6.07) is 6.15. The van der Waals surface area contributed by atoms with Crippen LogP contribution in [0.1, 0.15) is 36.1 Å². The van der Waals surface area contributed by atoms with Gasteiger partial charge in [0.15, 0.2) is 5.82 Å². The van der Waals surface area contributed by atoms with E-state index < -0.39 is 0 Å². The number of nitrogens with zero attached hydrogens (tertiary/aromatic N) is 2. The lowest BCUT2D eigenvalue weighted by Crippen LogP contribution is -2.02. The maximum atomic E-state index is 6.39. The first-order chi connectivity index (χ1) is 9.65. The molecule has 0 saturated heterocycles. The van der Waals surface area contributed by atoms with Crippen molar-refractivity contribution in [1.82, 2.24) is 9.97 Å². The van der Waals surface area contributed by atoms with E-state index in [1.54, 1.807) is 0 Å². The zero-order valence-electron chi connectivity index (χ0n) is 11.4. The fraction of sp³-hybridized carbons (Fsp3) is 0.375. The first kappa shape index (κ1) is 14.0. The molecule has 0 amide bonds. The molecule has 0 saturated carbocycles. The van der Waals surface area contributed by atoms with Crippen LogP contribution in [0.3, 0.4) is 0 Å². The van der Waals surface area contributed by atoms with Crippen LogP contribution in [0.4, 0.5) is 0 Å². The maximum absolute atomic E-state index is 6.39. The summed E-state index contributed by atoms with van der Waals surface area (Å²) in [4.78, 5) is 9.31. The largest absolute Gasteiger partial charge is 0.233 e. The highest BCUT2D eigenvalue weighted by molar-refractivity contribution is 9.10. The van der Waals surface area contributed by atoms with Crippen LogP contribution in [0.25, 0.3) is 11.4 Å². The van der Waals surface area contributed by atoms with Crippen molar-refractivity contribution in [2.24, 2.45) is 0 Å². The molecule has 1 heterocycles. The smallest absolute Gasteiger partial charge is 0.161 e. The quantitative estimate of drug-likeness (QED) is 0.525. The van der Waals surface area contributed by atoms with E-state index in [2.05, 4.69) is 33.9 Å². The molecule has 1 aromatic heterocycles. The van der Waals surface area contributed by atoms with Crippen LogP contribution in [0.2, 0.25) is 5.15 Å². The van der Waals surface area contributed by atoms with E-state index in [-0.39, 0.29) is 0 Å². The van der Waals surface area contributed by atoms with Gasteiger partial charge in [0.05, 0.1) is 0 Å². The third-order valence-electron chi connectivity index (χ3n) is 3.81. The summed E-state index contributed by atoms with van der Waals surface area (Å²) in [5, 5.41) is 0.634. The Labute approximate surface area is 132 Å². The molecule has 0 N–H and O–H groups in total. The van der Waals surface area contributed by atoms with E-state index in [1.807, 2.05) is 12.1 Å². The lowest BCUT2D eigenvalue weighted by Gasteiger charge is -2.11. The van der Waals surface area contributed by atoms with Crippen LogP contribution in [0, 0.1) is 6.92 Å². The molecular weight excluding hydrogens is 336 g/mol. The predicted molar refractivity (Wildman–Crippen MR) is 86.2 cm³/mol. The third-order valence-corrected chi connectivity index (χ3v) is 4.62. The summed E-state index contributed by atoms with van der Waals surface area (Å²) in [6.45, 7) is 2.07. The summed E-state index contributed by atoms with van der Waals surface area (Å²) in [7, 11) is 0. The van der Waals surface area contributed by atoms with Gasteiger partial charge in [0.1, 0.15) is 5.15 Å². The third kappa shape index (κ3) is 2.75. The minimum Gasteiger partial charge on any atom is -0.233 e. The number of halogens is 2. The Morgan fingerprint density at radius 2 is 1.90 bits per heavy atom. The van der Waals surface area contributed by atoms with E-state index in [1.165, 1.54) is 19.3 Å². The van der Waals surface area contributed by atoms with Crippen LogP contribution >= 0.6 is 27.5 Å². The van der Waals surface area contributed by atoms with Gasteiger partial charge in [0, 0.05) is 21.3 Å². The number of hydrogen-bond acceptors (Lipinski definition) is 2. The van der Waals surface area contributed by atoms with Gasteiger partial charge in [0.2, 0.25) is 0 Å². The highest BCUT2D eigenvalue weighted by Crippen LogP contribution is 2.29. The van der Waals surface area contributed by atoms with Gasteiger partial charge in [-0.3, -0.25) is 0 Å². The Balaban J connectivity index is 2.11. The molecule has 1 aliphatic rings. The Kier molecular flexibility index (Phi) is 4.08. The molecule has 0 radical (unpaired) electrons. The van der Waals surface area contributed by atoms with Crippen molar-refractivity contribution in [3.05, 3.63) is 44.6 Å². The number of aromatic nitrogens is 2. The molecule has 1 aromatic carbocycles. The standard InChI is InChI=1S/C16H16BrClN2/c1-10-9-11(17)7-8-12(10)16-19-14-6-4-2-3-5-13(14)15(18)20-16/h7-9H,2-6H2,1H3. The Morgan fingerprint density at radius 1 is 1.10 bits per heavy atom. The SMILES string of the molecule is Cc1cc(Br)ccc1-c1nc(Cl)c2c(n1)CCCCC2. The van der Waals surface area contributed by atoms with Gasteiger partial charge in [-0.15, -0.1) is 0 Å². The minimum atomic E-state index is 0.634. The monoisotopic (exact) mass is 350 g/mol. The van der Waals surface area contributed by atoms with Crippen molar-refractivity contribution in [3.63, 3.8) is 0 Å². The van der Waals surface area contributed by atoms with Gasteiger partial charge in [-0.1, -0.05) is 34.0 Å². The van der Waals surface area contributed by atoms with Gasteiger partial charge in [0.25, 0.3) is 0 Å². The van der Waals surface area contributed by atoms with Crippen LogP contribution in [0.5, 0.6) is 0 Å². The molecule has 0 unspecified atom stereocenters. The van der Waals surface area contributed by atoms with Crippen LogP contribution in [-0.4, -0.2) is 9.97 Å². The van der Waals surface area contributed by atoms with Crippen LogP contribution in [-0.2, 0) is 12.8 Å². The predicted octanol–water partition coefficient (Wildman–Crippen LogP) is 5.14. The van der Waals surface area contributed by atoms with Gasteiger partial charge < -0.3 is 0 Å². The topological polar surface area (TPSA) is 25.8 Å². The van der Waals surface area contributed by atoms with Gasteiger partial charge in [-0.2, -0.15) is 0 Å². The average Bonchev–Trinajstić information content (AvgIpc) is 2.64. The summed E-state index contributed by atoms with van der Waals surface area (Å²) in [5.41, 5.74) is 4.51. The van der Waals surface area contributed by atoms with E-state index in [0.717, 1.165) is 45.5 Å². The second-order valence-electron chi connectivity index (χ2n) is 5.28. The molecule has 3 rings (SSSR count). The zero-order chi connectivity index (χ0) is 14.1. The fourth-order valence-electron chi connectivity index (χ4n) is 2.72. The summed E-state index contributed by atoms with van der Waals surface area (Å²) in [6.07, 6.45) is 5.65. The van der Waals surface area contributed by atoms with Crippen molar-refractivity contribution < 1.29 is 0 Å². The number of aryl methyl sites for hydroxylation is 2. The lowest BCUT2D eigenvalue weighted by atomic mass is 10.1. The first-order valence-electron chi connectivity index (χ1n) is 6.97. The second kappa shape index (κ2) is 5.82. The first-order valence-corrected chi connectivity index (χ1v) is 8.14. The van der Waals surface area contributed by atoms with Crippen molar-refractivity contribution >= 4 is 27.5 Å². The van der Waals surface area contributed by atoms with Crippen LogP contribution in [0.15, 0.2) is 22.7 Å². The molecule has 20 heavy (non-hydrogen) atoms. The van der Waals surface area contributed by atoms with Crippen LogP contribution < -0.4 is 0 Å². The van der Waals surface area contributed by atoms with Gasteiger partial charge in [-0.25, -0.2) is 9.97 Å². The fourth-order valence-corrected chi connectivity index (χ4v) is 3.48. The summed E-state index contributed by atoms with van der Waals surface area (Å²) < 4.78 is 1.07. The average molecular weight is 352 g/mol. The molecule has 4 heteroatoms. The maximum Gasteiger partial charge on any atom is 0.161 e. The highest BCUT2D eigenvalue weighted by atomic mass is 79.9. The molecule has 1 aliphatic carbocycles. The number of rotatable bonds is 1. The molecule has 0 fully saturated rings. The molecule has 0 aliphatic heterocycles. The van der Waals surface area contributed by atoms with Crippen molar-refractivity contribution in [3.8, 4) is 11.4 Å². The zero-order valence-corrected chi connectivity index (χ0v) is 13.8. The number of benzene rings is 1. The Hall–Kier alpha value is -0.930. The molecule has 104 valence electrons. The van der Waals surface area contributed by atoms with E-state index >= 15 is 0 Å². The highest BCUT2D eigenvalue weighted by Gasteiger charge is 2.17. The number of fused-ring (bicyclic) bond motifs is 1. The number of hydrogen-bond donors (Lipinski definition) is 0. The molecule has 0 atom stereocenters. The van der Waals surface area contributed by atoms with Crippen molar-refractivity contribution in [2.75, 3.05) is 0 Å². The van der Waals surface area contributed by atoms with Gasteiger partial charge in [-0.05, 0) is 56.4 Å². The molecule has 0 spiro atoms. The normalized spacial score (nSPS) is 14.8. The summed E-state index contributed by atoms with van der Waals surface area (Å²) >= 11 is 9.88. The molecule has 0 bridgehead atoms. The van der Waals surface area contributed by atoms with Gasteiger partial charge >= 0.3 is 0 Å². The lowest BCUT2D eigenvalue weighted by molar-refractivity contribution is 0.709. The van der Waals surface area contributed by atoms with Crippen molar-refractivity contribution in [2.45, 2.75) is 39.0 Å². The van der Waals surface area contributed by atoms with E-state index in [4.69, 9.17) is 16.6 Å². The van der Waals surface area contributed by atoms with Crippen molar-refractivity contribution in [1.29, 1.82) is 0 Å². The molecule has 2 aromatic rings. The molecule has 2 nitrogen and oxygen atoms in total.